The van der Waals surface area contributed by atoms with Gasteiger partial charge in [-0.25, -0.2) is 4.98 Å². The molecule has 26 heavy (non-hydrogen) atoms. The van der Waals surface area contributed by atoms with E-state index in [0.29, 0.717) is 31.2 Å². The summed E-state index contributed by atoms with van der Waals surface area (Å²) >= 11 is 0. The average Bonchev–Trinajstić information content (AvgIpc) is 3.12. The summed E-state index contributed by atoms with van der Waals surface area (Å²) in [6.07, 6.45) is 5.05. The molecule has 0 bridgehead atoms. The average molecular weight is 354 g/mol. The topological polar surface area (TPSA) is 74.7 Å². The van der Waals surface area contributed by atoms with Crippen LogP contribution in [0.15, 0.2) is 36.8 Å². The fourth-order valence-electron chi connectivity index (χ4n) is 3.53. The number of rotatable bonds is 3. The van der Waals surface area contributed by atoms with Gasteiger partial charge in [-0.05, 0) is 18.2 Å². The summed E-state index contributed by atoms with van der Waals surface area (Å²) in [5, 5.41) is 0. The normalized spacial score (nSPS) is 22.2. The molecule has 136 valence electrons. The third-order valence-electron chi connectivity index (χ3n) is 4.84. The quantitative estimate of drug-likeness (QED) is 0.802. The minimum absolute atomic E-state index is 0.00712. The van der Waals surface area contributed by atoms with Crippen LogP contribution < -0.4 is 9.80 Å². The Morgan fingerprint density at radius 3 is 2.77 bits per heavy atom. The van der Waals surface area contributed by atoms with Gasteiger partial charge in [-0.3, -0.25) is 9.78 Å². The van der Waals surface area contributed by atoms with Crippen LogP contribution in [-0.4, -0.2) is 78.2 Å². The van der Waals surface area contributed by atoms with Gasteiger partial charge < -0.3 is 19.4 Å². The third-order valence-corrected chi connectivity index (χ3v) is 4.84. The van der Waals surface area contributed by atoms with E-state index in [1.165, 1.54) is 0 Å². The number of amides is 1. The Bertz CT molecular complexity index is 784. The first-order chi connectivity index (χ1) is 12.6. The van der Waals surface area contributed by atoms with Gasteiger partial charge in [0.2, 0.25) is 5.95 Å². The van der Waals surface area contributed by atoms with Crippen LogP contribution in [0.5, 0.6) is 0 Å². The van der Waals surface area contributed by atoms with E-state index in [-0.39, 0.29) is 18.1 Å². The van der Waals surface area contributed by atoms with Crippen LogP contribution >= 0.6 is 0 Å². The van der Waals surface area contributed by atoms with E-state index < -0.39 is 0 Å². The zero-order valence-electron chi connectivity index (χ0n) is 14.9. The number of fused-ring (bicyclic) bond motifs is 1. The first kappa shape index (κ1) is 16.7. The van der Waals surface area contributed by atoms with E-state index in [9.17, 15) is 4.79 Å². The summed E-state index contributed by atoms with van der Waals surface area (Å²) < 4.78 is 5.95. The van der Waals surface area contributed by atoms with Crippen molar-refractivity contribution in [3.05, 3.63) is 42.4 Å². The number of likely N-dealkylation sites (tertiary alicyclic amines) is 1. The molecule has 0 aliphatic carbocycles. The van der Waals surface area contributed by atoms with Crippen LogP contribution in [0.3, 0.4) is 0 Å². The second-order valence-corrected chi connectivity index (χ2v) is 6.73. The first-order valence-electron chi connectivity index (χ1n) is 8.71. The lowest BCUT2D eigenvalue weighted by atomic mass is 10.1. The van der Waals surface area contributed by atoms with Crippen molar-refractivity contribution in [2.75, 3.05) is 50.1 Å². The van der Waals surface area contributed by atoms with Gasteiger partial charge in [0.1, 0.15) is 5.82 Å². The van der Waals surface area contributed by atoms with Crippen molar-refractivity contribution in [3.8, 4) is 0 Å². The highest BCUT2D eigenvalue weighted by Gasteiger charge is 2.42. The summed E-state index contributed by atoms with van der Waals surface area (Å²) in [5.74, 6) is 1.57. The number of anilines is 2. The summed E-state index contributed by atoms with van der Waals surface area (Å²) in [4.78, 5) is 31.7. The van der Waals surface area contributed by atoms with E-state index in [0.717, 1.165) is 12.4 Å². The molecule has 0 spiro atoms. The largest absolute Gasteiger partial charge is 0.372 e. The number of carbonyl (C=O) groups excluding carboxylic acids is 1. The second-order valence-electron chi connectivity index (χ2n) is 6.73. The fourth-order valence-corrected chi connectivity index (χ4v) is 3.53. The molecule has 0 radical (unpaired) electrons. The maximum Gasteiger partial charge on any atom is 0.254 e. The number of pyridine rings is 1. The van der Waals surface area contributed by atoms with Crippen molar-refractivity contribution in [1.29, 1.82) is 0 Å². The standard InChI is InChI=1S/C18H22N6O2/c1-22(2)18-20-8-5-16(21-18)24-9-10-26-15-12-23(11-14(15)24)17(25)13-3-6-19-7-4-13/h3-8,14-15H,9-12H2,1-2H3/t14-,15+/m1/s1. The van der Waals surface area contributed by atoms with E-state index in [2.05, 4.69) is 19.9 Å². The van der Waals surface area contributed by atoms with Crippen LogP contribution in [0.4, 0.5) is 11.8 Å². The Morgan fingerprint density at radius 2 is 2.00 bits per heavy atom. The minimum Gasteiger partial charge on any atom is -0.372 e. The number of ether oxygens (including phenoxy) is 1. The van der Waals surface area contributed by atoms with Gasteiger partial charge >= 0.3 is 0 Å². The van der Waals surface area contributed by atoms with Crippen LogP contribution in [0, 0.1) is 0 Å². The maximum absolute atomic E-state index is 12.8. The Kier molecular flexibility index (Phi) is 4.42. The molecular weight excluding hydrogens is 332 g/mol. The van der Waals surface area contributed by atoms with Gasteiger partial charge in [0.25, 0.3) is 5.91 Å². The minimum atomic E-state index is -0.00712. The molecule has 2 aromatic heterocycles. The molecule has 0 aromatic carbocycles. The van der Waals surface area contributed by atoms with E-state index >= 15 is 0 Å². The van der Waals surface area contributed by atoms with E-state index in [4.69, 9.17) is 4.74 Å². The molecule has 1 amide bonds. The fraction of sp³-hybridized carbons (Fsp3) is 0.444. The van der Waals surface area contributed by atoms with Crippen molar-refractivity contribution < 1.29 is 9.53 Å². The SMILES string of the molecule is CN(C)c1nccc(N2CCO[C@H]3CN(C(=O)c4ccncc4)C[C@H]32)n1. The zero-order valence-corrected chi connectivity index (χ0v) is 14.9. The maximum atomic E-state index is 12.8. The van der Waals surface area contributed by atoms with Crippen LogP contribution in [0.25, 0.3) is 0 Å². The van der Waals surface area contributed by atoms with Crippen molar-refractivity contribution in [2.24, 2.45) is 0 Å². The highest BCUT2D eigenvalue weighted by atomic mass is 16.5. The molecule has 2 atom stereocenters. The Labute approximate surface area is 152 Å². The zero-order chi connectivity index (χ0) is 18.1. The van der Waals surface area contributed by atoms with Crippen molar-refractivity contribution in [2.45, 2.75) is 12.1 Å². The van der Waals surface area contributed by atoms with Crippen molar-refractivity contribution in [3.63, 3.8) is 0 Å². The lowest BCUT2D eigenvalue weighted by Gasteiger charge is -2.37. The number of aromatic nitrogens is 3. The number of morpholine rings is 1. The predicted molar refractivity (Wildman–Crippen MR) is 97.4 cm³/mol. The molecular formula is C18H22N6O2. The Morgan fingerprint density at radius 1 is 1.19 bits per heavy atom. The Balaban J connectivity index is 1.55. The van der Waals surface area contributed by atoms with Crippen molar-refractivity contribution in [1.82, 2.24) is 19.9 Å². The van der Waals surface area contributed by atoms with Gasteiger partial charge in [-0.15, -0.1) is 0 Å². The molecule has 4 heterocycles. The number of hydrogen-bond acceptors (Lipinski definition) is 7. The predicted octanol–water partition coefficient (Wildman–Crippen LogP) is 0.667. The molecule has 4 rings (SSSR count). The summed E-state index contributed by atoms with van der Waals surface area (Å²) in [6.45, 7) is 2.59. The molecule has 2 saturated heterocycles. The molecule has 2 aliphatic heterocycles. The summed E-state index contributed by atoms with van der Waals surface area (Å²) in [7, 11) is 3.85. The molecule has 8 heteroatoms. The monoisotopic (exact) mass is 354 g/mol. The molecule has 0 unspecified atom stereocenters. The molecule has 0 saturated carbocycles. The highest BCUT2D eigenvalue weighted by Crippen LogP contribution is 2.28. The second kappa shape index (κ2) is 6.87. The molecule has 8 nitrogen and oxygen atoms in total. The number of hydrogen-bond donors (Lipinski definition) is 0. The lowest BCUT2D eigenvalue weighted by Crippen LogP contribution is -2.51. The molecule has 0 N–H and O–H groups in total. The van der Waals surface area contributed by atoms with Crippen LogP contribution in [0.1, 0.15) is 10.4 Å². The summed E-state index contributed by atoms with van der Waals surface area (Å²) in [6, 6.07) is 5.51. The van der Waals surface area contributed by atoms with Gasteiger partial charge in [0, 0.05) is 57.9 Å². The van der Waals surface area contributed by atoms with Gasteiger partial charge in [-0.2, -0.15) is 4.98 Å². The highest BCUT2D eigenvalue weighted by molar-refractivity contribution is 5.94. The van der Waals surface area contributed by atoms with Crippen molar-refractivity contribution >= 4 is 17.7 Å². The summed E-state index contributed by atoms with van der Waals surface area (Å²) in [5.41, 5.74) is 0.655. The van der Waals surface area contributed by atoms with E-state index in [1.807, 2.05) is 30.0 Å². The smallest absolute Gasteiger partial charge is 0.254 e. The first-order valence-corrected chi connectivity index (χ1v) is 8.71. The third kappa shape index (κ3) is 3.08. The van der Waals surface area contributed by atoms with Gasteiger partial charge in [-0.1, -0.05) is 0 Å². The van der Waals surface area contributed by atoms with Crippen LogP contribution in [-0.2, 0) is 4.74 Å². The van der Waals surface area contributed by atoms with Crippen LogP contribution in [0.2, 0.25) is 0 Å². The van der Waals surface area contributed by atoms with Gasteiger partial charge in [0.15, 0.2) is 0 Å². The molecule has 2 fully saturated rings. The van der Waals surface area contributed by atoms with Gasteiger partial charge in [0.05, 0.1) is 18.8 Å². The molecule has 2 aromatic rings. The molecule has 2 aliphatic rings. The van der Waals surface area contributed by atoms with E-state index in [1.54, 1.807) is 30.7 Å². The Hall–Kier alpha value is -2.74. The lowest BCUT2D eigenvalue weighted by molar-refractivity contribution is 0.0299. The number of carbonyl (C=O) groups is 1. The number of nitrogens with zero attached hydrogens (tertiary/aromatic N) is 6.